The lowest BCUT2D eigenvalue weighted by Crippen LogP contribution is -2.30. The summed E-state index contributed by atoms with van der Waals surface area (Å²) in [5, 5.41) is 13.3. The fraction of sp³-hybridized carbons (Fsp3) is 0.500. The second-order valence-electron chi connectivity index (χ2n) is 4.59. The van der Waals surface area contributed by atoms with Crippen LogP contribution in [0.25, 0.3) is 5.78 Å². The topological polar surface area (TPSA) is 83.6 Å². The van der Waals surface area contributed by atoms with Crippen LogP contribution in [0.5, 0.6) is 0 Å². The number of aryl methyl sites for hydroxylation is 1. The predicted molar refractivity (Wildman–Crippen MR) is 68.8 cm³/mol. The molecule has 7 heteroatoms. The molecular formula is C12H17N5O2. The number of aliphatic hydroxyl groups excluding tert-OH is 1. The van der Waals surface area contributed by atoms with Gasteiger partial charge in [0.15, 0.2) is 0 Å². The van der Waals surface area contributed by atoms with E-state index >= 15 is 0 Å². The predicted octanol–water partition coefficient (Wildman–Crippen LogP) is 0.276. The van der Waals surface area contributed by atoms with E-state index in [1.807, 2.05) is 0 Å². The third kappa shape index (κ3) is 2.70. The van der Waals surface area contributed by atoms with E-state index in [9.17, 15) is 9.90 Å². The van der Waals surface area contributed by atoms with E-state index in [-0.39, 0.29) is 5.91 Å². The van der Waals surface area contributed by atoms with Crippen LogP contribution in [0.4, 0.5) is 0 Å². The Morgan fingerprint density at radius 2 is 2.26 bits per heavy atom. The maximum Gasteiger partial charge on any atom is 0.257 e. The van der Waals surface area contributed by atoms with Crippen LogP contribution in [0, 0.1) is 6.92 Å². The van der Waals surface area contributed by atoms with E-state index in [1.54, 1.807) is 25.8 Å². The summed E-state index contributed by atoms with van der Waals surface area (Å²) < 4.78 is 1.54. The maximum absolute atomic E-state index is 12.3. The molecule has 0 bridgehead atoms. The molecule has 0 aliphatic rings. The van der Waals surface area contributed by atoms with Gasteiger partial charge in [-0.15, -0.1) is 0 Å². The minimum absolute atomic E-state index is 0.136. The third-order valence-electron chi connectivity index (χ3n) is 3.01. The zero-order valence-corrected chi connectivity index (χ0v) is 11.2. The zero-order chi connectivity index (χ0) is 14.0. The molecule has 0 aliphatic heterocycles. The number of carbonyl (C=O) groups excluding carboxylic acids is 1. The Morgan fingerprint density at radius 1 is 1.53 bits per heavy atom. The molecule has 2 aromatic heterocycles. The van der Waals surface area contributed by atoms with Crippen LogP contribution in [0.3, 0.4) is 0 Å². The molecule has 102 valence electrons. The van der Waals surface area contributed by atoms with Gasteiger partial charge in [-0.05, 0) is 20.3 Å². The van der Waals surface area contributed by atoms with Crippen LogP contribution < -0.4 is 0 Å². The molecule has 2 heterocycles. The molecule has 7 nitrogen and oxygen atoms in total. The number of hydrogen-bond donors (Lipinski definition) is 1. The second-order valence-corrected chi connectivity index (χ2v) is 4.59. The lowest BCUT2D eigenvalue weighted by molar-refractivity contribution is 0.0767. The highest BCUT2D eigenvalue weighted by Crippen LogP contribution is 2.10. The smallest absolute Gasteiger partial charge is 0.257 e. The molecule has 0 spiro atoms. The number of amides is 1. The molecule has 2 rings (SSSR count). The van der Waals surface area contributed by atoms with Gasteiger partial charge in [0.1, 0.15) is 6.33 Å². The monoisotopic (exact) mass is 263 g/mol. The van der Waals surface area contributed by atoms with Crippen LogP contribution >= 0.6 is 0 Å². The van der Waals surface area contributed by atoms with Gasteiger partial charge >= 0.3 is 0 Å². The van der Waals surface area contributed by atoms with E-state index in [0.717, 1.165) is 0 Å². The number of aliphatic hydroxyl groups is 1. The minimum Gasteiger partial charge on any atom is -0.393 e. The van der Waals surface area contributed by atoms with Crippen LogP contribution in [0.2, 0.25) is 0 Å². The van der Waals surface area contributed by atoms with Gasteiger partial charge < -0.3 is 10.0 Å². The maximum atomic E-state index is 12.3. The van der Waals surface area contributed by atoms with Crippen LogP contribution in [-0.4, -0.2) is 55.2 Å². The van der Waals surface area contributed by atoms with E-state index in [1.165, 1.54) is 17.0 Å². The van der Waals surface area contributed by atoms with Crippen molar-refractivity contribution in [3.8, 4) is 0 Å². The van der Waals surface area contributed by atoms with Gasteiger partial charge in [-0.1, -0.05) is 0 Å². The standard InChI is InChI=1S/C12H17N5O2/c1-8(18)4-5-16(3)11(19)10-6-13-12-14-7-15-17(12)9(10)2/h6-8,18H,4-5H2,1-3H3. The van der Waals surface area contributed by atoms with Crippen molar-refractivity contribution in [2.24, 2.45) is 0 Å². The fourth-order valence-electron chi connectivity index (χ4n) is 1.79. The summed E-state index contributed by atoms with van der Waals surface area (Å²) in [6.07, 6.45) is 3.04. The first-order valence-corrected chi connectivity index (χ1v) is 6.09. The zero-order valence-electron chi connectivity index (χ0n) is 11.2. The Balaban J connectivity index is 2.23. The molecule has 0 radical (unpaired) electrons. The van der Waals surface area contributed by atoms with Crippen molar-refractivity contribution in [2.45, 2.75) is 26.4 Å². The average molecular weight is 263 g/mol. The van der Waals surface area contributed by atoms with E-state index in [4.69, 9.17) is 0 Å². The first-order valence-electron chi connectivity index (χ1n) is 6.09. The lowest BCUT2D eigenvalue weighted by Gasteiger charge is -2.18. The van der Waals surface area contributed by atoms with Gasteiger partial charge in [-0.2, -0.15) is 10.1 Å². The molecule has 1 N–H and O–H groups in total. The molecule has 19 heavy (non-hydrogen) atoms. The van der Waals surface area contributed by atoms with Crippen molar-refractivity contribution < 1.29 is 9.90 Å². The number of aromatic nitrogens is 4. The Morgan fingerprint density at radius 3 is 2.95 bits per heavy atom. The van der Waals surface area contributed by atoms with Gasteiger partial charge in [0, 0.05) is 19.8 Å². The van der Waals surface area contributed by atoms with Crippen molar-refractivity contribution in [3.63, 3.8) is 0 Å². The molecule has 1 amide bonds. The van der Waals surface area contributed by atoms with Crippen molar-refractivity contribution in [1.82, 2.24) is 24.5 Å². The minimum atomic E-state index is -0.424. The molecule has 1 unspecified atom stereocenters. The molecule has 0 aromatic carbocycles. The van der Waals surface area contributed by atoms with Crippen molar-refractivity contribution in [1.29, 1.82) is 0 Å². The lowest BCUT2D eigenvalue weighted by atomic mass is 10.2. The highest BCUT2D eigenvalue weighted by atomic mass is 16.3. The number of nitrogens with zero attached hydrogens (tertiary/aromatic N) is 5. The van der Waals surface area contributed by atoms with Crippen LogP contribution in [0.15, 0.2) is 12.5 Å². The average Bonchev–Trinajstić information content (AvgIpc) is 2.84. The van der Waals surface area contributed by atoms with E-state index in [2.05, 4.69) is 15.1 Å². The Hall–Kier alpha value is -2.02. The van der Waals surface area contributed by atoms with E-state index < -0.39 is 6.10 Å². The Kier molecular flexibility index (Phi) is 3.75. The summed E-state index contributed by atoms with van der Waals surface area (Å²) in [7, 11) is 1.70. The van der Waals surface area contributed by atoms with Gasteiger partial charge in [0.05, 0.1) is 17.4 Å². The van der Waals surface area contributed by atoms with Gasteiger partial charge in [0.2, 0.25) is 0 Å². The van der Waals surface area contributed by atoms with Crippen LogP contribution in [0.1, 0.15) is 29.4 Å². The quantitative estimate of drug-likeness (QED) is 0.856. The first-order chi connectivity index (χ1) is 9.00. The second kappa shape index (κ2) is 5.31. The van der Waals surface area contributed by atoms with Crippen LogP contribution in [-0.2, 0) is 0 Å². The highest BCUT2D eigenvalue weighted by Gasteiger charge is 2.17. The molecule has 0 fully saturated rings. The first kappa shape index (κ1) is 13.4. The number of carbonyl (C=O) groups is 1. The van der Waals surface area contributed by atoms with Gasteiger partial charge in [-0.25, -0.2) is 9.50 Å². The summed E-state index contributed by atoms with van der Waals surface area (Å²) in [6, 6.07) is 0. The fourth-order valence-corrected chi connectivity index (χ4v) is 1.79. The molecule has 2 aromatic rings. The van der Waals surface area contributed by atoms with E-state index in [0.29, 0.717) is 30.0 Å². The molecular weight excluding hydrogens is 246 g/mol. The summed E-state index contributed by atoms with van der Waals surface area (Å²) in [6.45, 7) is 4.00. The normalized spacial score (nSPS) is 12.6. The molecule has 0 saturated heterocycles. The Labute approximate surface area is 110 Å². The SMILES string of the molecule is Cc1c(C(=O)N(C)CCC(C)O)cnc2ncnn12. The third-order valence-corrected chi connectivity index (χ3v) is 3.01. The summed E-state index contributed by atoms with van der Waals surface area (Å²) in [5.41, 5.74) is 1.20. The number of fused-ring (bicyclic) bond motifs is 1. The van der Waals surface area contributed by atoms with Gasteiger partial charge in [-0.3, -0.25) is 4.79 Å². The van der Waals surface area contributed by atoms with Gasteiger partial charge in [0.25, 0.3) is 11.7 Å². The molecule has 0 aliphatic carbocycles. The summed E-state index contributed by atoms with van der Waals surface area (Å²) in [5.74, 6) is 0.337. The molecule has 1 atom stereocenters. The summed E-state index contributed by atoms with van der Waals surface area (Å²) >= 11 is 0. The Bertz CT molecular complexity index is 593. The summed E-state index contributed by atoms with van der Waals surface area (Å²) in [4.78, 5) is 21.9. The number of rotatable bonds is 4. The van der Waals surface area contributed by atoms with Crippen molar-refractivity contribution >= 4 is 11.7 Å². The van der Waals surface area contributed by atoms with Crippen molar-refractivity contribution in [3.05, 3.63) is 23.8 Å². The largest absolute Gasteiger partial charge is 0.393 e. The molecule has 0 saturated carbocycles. The van der Waals surface area contributed by atoms with Crippen molar-refractivity contribution in [2.75, 3.05) is 13.6 Å². The number of hydrogen-bond acceptors (Lipinski definition) is 5. The highest BCUT2D eigenvalue weighted by molar-refractivity contribution is 5.94.